The zero-order valence-electron chi connectivity index (χ0n) is 12.1. The first-order valence-electron chi connectivity index (χ1n) is 6.71. The van der Waals surface area contributed by atoms with Gasteiger partial charge in [-0.3, -0.25) is 0 Å². The van der Waals surface area contributed by atoms with Gasteiger partial charge in [-0.25, -0.2) is 4.79 Å². The zero-order valence-corrected chi connectivity index (χ0v) is 12.1. The molecule has 0 spiro atoms. The standard InChI is InChI=1S/C15H20N2O3/c1-4-19-15(18)14-10(2)13(11(3)17-14)9-16-8-12-6-5-7-20-12/h5-7,16-17H,4,8-9H2,1-3H3. The van der Waals surface area contributed by atoms with E-state index < -0.39 is 0 Å². The summed E-state index contributed by atoms with van der Waals surface area (Å²) in [6.07, 6.45) is 1.66. The summed E-state index contributed by atoms with van der Waals surface area (Å²) in [7, 11) is 0. The first kappa shape index (κ1) is 14.4. The summed E-state index contributed by atoms with van der Waals surface area (Å²) in [5, 5.41) is 3.30. The minimum absolute atomic E-state index is 0.301. The molecule has 0 amide bonds. The Morgan fingerprint density at radius 2 is 2.20 bits per heavy atom. The maximum absolute atomic E-state index is 11.8. The first-order valence-corrected chi connectivity index (χ1v) is 6.71. The molecule has 0 atom stereocenters. The SMILES string of the molecule is CCOC(=O)c1[nH]c(C)c(CNCc2ccco2)c1C. The fourth-order valence-electron chi connectivity index (χ4n) is 2.19. The molecule has 108 valence electrons. The van der Waals surface area contributed by atoms with Gasteiger partial charge in [-0.2, -0.15) is 0 Å². The third-order valence-electron chi connectivity index (χ3n) is 3.25. The smallest absolute Gasteiger partial charge is 0.355 e. The molecule has 0 aliphatic heterocycles. The Morgan fingerprint density at radius 1 is 1.40 bits per heavy atom. The van der Waals surface area contributed by atoms with Crippen molar-refractivity contribution in [1.29, 1.82) is 0 Å². The minimum atomic E-state index is -0.301. The summed E-state index contributed by atoms with van der Waals surface area (Å²) in [6, 6.07) is 3.79. The summed E-state index contributed by atoms with van der Waals surface area (Å²) >= 11 is 0. The average molecular weight is 276 g/mol. The van der Waals surface area contributed by atoms with Crippen LogP contribution in [-0.4, -0.2) is 17.6 Å². The number of carbonyl (C=O) groups is 1. The molecule has 2 heterocycles. The summed E-state index contributed by atoms with van der Waals surface area (Å²) < 4.78 is 10.3. The largest absolute Gasteiger partial charge is 0.468 e. The van der Waals surface area contributed by atoms with E-state index in [0.29, 0.717) is 25.4 Å². The van der Waals surface area contributed by atoms with E-state index in [2.05, 4.69) is 10.3 Å². The Morgan fingerprint density at radius 3 is 2.85 bits per heavy atom. The van der Waals surface area contributed by atoms with Crippen LogP contribution in [-0.2, 0) is 17.8 Å². The highest BCUT2D eigenvalue weighted by molar-refractivity contribution is 5.89. The molecule has 2 rings (SSSR count). The molecule has 5 heteroatoms. The number of rotatable bonds is 6. The number of aryl methyl sites for hydroxylation is 1. The highest BCUT2D eigenvalue weighted by atomic mass is 16.5. The molecule has 20 heavy (non-hydrogen) atoms. The highest BCUT2D eigenvalue weighted by Gasteiger charge is 2.17. The van der Waals surface area contributed by atoms with E-state index in [1.54, 1.807) is 13.2 Å². The lowest BCUT2D eigenvalue weighted by atomic mass is 10.1. The molecule has 0 saturated heterocycles. The number of hydrogen-bond acceptors (Lipinski definition) is 4. The van der Waals surface area contributed by atoms with Crippen molar-refractivity contribution in [2.24, 2.45) is 0 Å². The van der Waals surface area contributed by atoms with E-state index in [1.807, 2.05) is 26.0 Å². The summed E-state index contributed by atoms with van der Waals surface area (Å²) in [5.41, 5.74) is 3.56. The number of ether oxygens (including phenoxy) is 1. The van der Waals surface area contributed by atoms with Gasteiger partial charge in [0.2, 0.25) is 0 Å². The van der Waals surface area contributed by atoms with E-state index >= 15 is 0 Å². The van der Waals surface area contributed by atoms with Crippen molar-refractivity contribution in [1.82, 2.24) is 10.3 Å². The number of H-pyrrole nitrogens is 1. The van der Waals surface area contributed by atoms with Gasteiger partial charge >= 0.3 is 5.97 Å². The van der Waals surface area contributed by atoms with E-state index in [-0.39, 0.29) is 5.97 Å². The Hall–Kier alpha value is -2.01. The van der Waals surface area contributed by atoms with Crippen molar-refractivity contribution < 1.29 is 13.9 Å². The van der Waals surface area contributed by atoms with Gasteiger partial charge in [0.25, 0.3) is 0 Å². The summed E-state index contributed by atoms with van der Waals surface area (Å²) in [4.78, 5) is 14.9. The molecule has 0 saturated carbocycles. The Kier molecular flexibility index (Phi) is 4.63. The van der Waals surface area contributed by atoms with Crippen molar-refractivity contribution in [3.8, 4) is 0 Å². The van der Waals surface area contributed by atoms with Crippen molar-refractivity contribution >= 4 is 5.97 Å². The Labute approximate surface area is 118 Å². The lowest BCUT2D eigenvalue weighted by molar-refractivity contribution is 0.0519. The second kappa shape index (κ2) is 6.43. The average Bonchev–Trinajstić information content (AvgIpc) is 3.01. The van der Waals surface area contributed by atoms with Crippen LogP contribution in [0.25, 0.3) is 0 Å². The van der Waals surface area contributed by atoms with Gasteiger partial charge in [-0.05, 0) is 44.0 Å². The third kappa shape index (κ3) is 3.11. The molecule has 0 aliphatic carbocycles. The number of furan rings is 1. The number of nitrogens with one attached hydrogen (secondary N) is 2. The van der Waals surface area contributed by atoms with Crippen LogP contribution in [0.4, 0.5) is 0 Å². The van der Waals surface area contributed by atoms with Gasteiger partial charge in [0, 0.05) is 12.2 Å². The second-order valence-electron chi connectivity index (χ2n) is 4.63. The molecule has 2 aromatic rings. The van der Waals surface area contributed by atoms with Crippen LogP contribution in [0.15, 0.2) is 22.8 Å². The quantitative estimate of drug-likeness (QED) is 0.796. The molecule has 0 fully saturated rings. The van der Waals surface area contributed by atoms with Crippen LogP contribution in [0, 0.1) is 13.8 Å². The number of carbonyl (C=O) groups excluding carboxylic acids is 1. The van der Waals surface area contributed by atoms with E-state index in [0.717, 1.165) is 22.6 Å². The second-order valence-corrected chi connectivity index (χ2v) is 4.63. The first-order chi connectivity index (χ1) is 9.63. The van der Waals surface area contributed by atoms with Gasteiger partial charge in [0.1, 0.15) is 11.5 Å². The van der Waals surface area contributed by atoms with E-state index in [4.69, 9.17) is 9.15 Å². The van der Waals surface area contributed by atoms with Crippen molar-refractivity contribution in [3.63, 3.8) is 0 Å². The van der Waals surface area contributed by atoms with Crippen LogP contribution in [0.5, 0.6) is 0 Å². The van der Waals surface area contributed by atoms with Gasteiger partial charge in [-0.1, -0.05) is 0 Å². The number of esters is 1. The summed E-state index contributed by atoms with van der Waals surface area (Å²) in [6.45, 7) is 7.40. The minimum Gasteiger partial charge on any atom is -0.468 e. The van der Waals surface area contributed by atoms with Crippen LogP contribution < -0.4 is 5.32 Å². The Bertz CT molecular complexity index is 570. The molecular formula is C15H20N2O3. The van der Waals surface area contributed by atoms with E-state index in [1.165, 1.54) is 0 Å². The predicted molar refractivity (Wildman–Crippen MR) is 75.5 cm³/mol. The third-order valence-corrected chi connectivity index (χ3v) is 3.25. The maximum Gasteiger partial charge on any atom is 0.355 e. The van der Waals surface area contributed by atoms with Gasteiger partial charge in [-0.15, -0.1) is 0 Å². The van der Waals surface area contributed by atoms with E-state index in [9.17, 15) is 4.79 Å². The lowest BCUT2D eigenvalue weighted by Gasteiger charge is -2.04. The van der Waals surface area contributed by atoms with Crippen molar-refractivity contribution in [2.45, 2.75) is 33.9 Å². The molecule has 5 nitrogen and oxygen atoms in total. The monoisotopic (exact) mass is 276 g/mol. The fraction of sp³-hybridized carbons (Fsp3) is 0.400. The molecule has 0 aromatic carbocycles. The van der Waals surface area contributed by atoms with Gasteiger partial charge in [0.05, 0.1) is 19.4 Å². The molecular weight excluding hydrogens is 256 g/mol. The van der Waals surface area contributed by atoms with Crippen molar-refractivity contribution in [3.05, 3.63) is 46.7 Å². The van der Waals surface area contributed by atoms with Crippen LogP contribution >= 0.6 is 0 Å². The molecule has 2 aromatic heterocycles. The van der Waals surface area contributed by atoms with Gasteiger partial charge < -0.3 is 19.5 Å². The van der Waals surface area contributed by atoms with Crippen LogP contribution in [0.2, 0.25) is 0 Å². The number of aromatic nitrogens is 1. The molecule has 0 unspecified atom stereocenters. The molecule has 0 bridgehead atoms. The maximum atomic E-state index is 11.8. The van der Waals surface area contributed by atoms with Crippen molar-refractivity contribution in [2.75, 3.05) is 6.61 Å². The Balaban J connectivity index is 2.02. The normalized spacial score (nSPS) is 10.8. The molecule has 0 aliphatic rings. The summed E-state index contributed by atoms with van der Waals surface area (Å²) in [5.74, 6) is 0.590. The zero-order chi connectivity index (χ0) is 14.5. The molecule has 2 N–H and O–H groups in total. The lowest BCUT2D eigenvalue weighted by Crippen LogP contribution is -2.13. The molecule has 0 radical (unpaired) electrons. The number of aromatic amines is 1. The number of hydrogen-bond donors (Lipinski definition) is 2. The predicted octanol–water partition coefficient (Wildman–Crippen LogP) is 2.69. The highest BCUT2D eigenvalue weighted by Crippen LogP contribution is 2.18. The van der Waals surface area contributed by atoms with Crippen LogP contribution in [0.3, 0.4) is 0 Å². The fourth-order valence-corrected chi connectivity index (χ4v) is 2.19. The van der Waals surface area contributed by atoms with Gasteiger partial charge in [0.15, 0.2) is 0 Å². The topological polar surface area (TPSA) is 67.3 Å². The van der Waals surface area contributed by atoms with Crippen LogP contribution in [0.1, 0.15) is 40.0 Å².